The van der Waals surface area contributed by atoms with Crippen molar-refractivity contribution >= 4 is 33.4 Å². The highest BCUT2D eigenvalue weighted by molar-refractivity contribution is 9.10. The lowest BCUT2D eigenvalue weighted by Crippen LogP contribution is -2.45. The van der Waals surface area contributed by atoms with Crippen molar-refractivity contribution in [1.29, 1.82) is 0 Å². The smallest absolute Gasteiger partial charge is 0.242 e. The number of carbonyl (C=O) groups excluding carboxylic acids is 2. The molecule has 1 aromatic rings. The second-order valence-corrected chi connectivity index (χ2v) is 6.96. The summed E-state index contributed by atoms with van der Waals surface area (Å²) in [5.41, 5.74) is 1.85. The number of likely N-dealkylation sites (tertiary alicyclic amines) is 1. The molecule has 1 fully saturated rings. The molecule has 0 bridgehead atoms. The molecule has 2 rings (SSSR count). The number of rotatable bonds is 3. The van der Waals surface area contributed by atoms with Gasteiger partial charge in [-0.15, -0.1) is 0 Å². The normalized spacial score (nSPS) is 15.7. The van der Waals surface area contributed by atoms with Gasteiger partial charge in [0.05, 0.1) is 0 Å². The molecule has 0 aliphatic carbocycles. The zero-order valence-electron chi connectivity index (χ0n) is 13.4. The fraction of sp³-hybridized carbons (Fsp3) is 0.529. The molecule has 4 nitrogen and oxygen atoms in total. The minimum Gasteiger partial charge on any atom is -0.341 e. The van der Waals surface area contributed by atoms with E-state index < -0.39 is 0 Å². The van der Waals surface area contributed by atoms with Crippen LogP contribution in [0.15, 0.2) is 22.7 Å². The van der Waals surface area contributed by atoms with Crippen LogP contribution in [0, 0.1) is 12.8 Å². The van der Waals surface area contributed by atoms with Crippen LogP contribution in [0.5, 0.6) is 0 Å². The average Bonchev–Trinajstić information content (AvgIpc) is 2.48. The van der Waals surface area contributed by atoms with Crippen LogP contribution >= 0.6 is 15.9 Å². The molecule has 0 spiro atoms. The largest absolute Gasteiger partial charge is 0.341 e. The van der Waals surface area contributed by atoms with E-state index in [1.807, 2.05) is 30.0 Å². The Hall–Kier alpha value is -1.36. The highest BCUT2D eigenvalue weighted by Gasteiger charge is 2.24. The molecule has 1 aromatic carbocycles. The zero-order valence-corrected chi connectivity index (χ0v) is 15.0. The quantitative estimate of drug-likeness (QED) is 0.822. The van der Waals surface area contributed by atoms with Crippen LogP contribution < -0.4 is 4.90 Å². The van der Waals surface area contributed by atoms with E-state index in [1.54, 1.807) is 4.90 Å². The van der Waals surface area contributed by atoms with Crippen molar-refractivity contribution in [2.24, 2.45) is 5.92 Å². The highest BCUT2D eigenvalue weighted by atomic mass is 79.9. The highest BCUT2D eigenvalue weighted by Crippen LogP contribution is 2.24. The van der Waals surface area contributed by atoms with E-state index >= 15 is 0 Å². The van der Waals surface area contributed by atoms with Crippen LogP contribution in [-0.4, -0.2) is 36.3 Å². The van der Waals surface area contributed by atoms with Gasteiger partial charge >= 0.3 is 0 Å². The summed E-state index contributed by atoms with van der Waals surface area (Å²) < 4.78 is 0.940. The topological polar surface area (TPSA) is 40.6 Å². The Morgan fingerprint density at radius 3 is 2.50 bits per heavy atom. The Bertz CT molecular complexity index is 566. The van der Waals surface area contributed by atoms with Crippen molar-refractivity contribution in [3.8, 4) is 0 Å². The van der Waals surface area contributed by atoms with Gasteiger partial charge in [-0.2, -0.15) is 0 Å². The van der Waals surface area contributed by atoms with Crippen LogP contribution in [0.25, 0.3) is 0 Å². The summed E-state index contributed by atoms with van der Waals surface area (Å²) in [5, 5.41) is 0. The molecule has 0 saturated carbocycles. The number of aryl methyl sites for hydroxylation is 1. The van der Waals surface area contributed by atoms with Crippen molar-refractivity contribution in [3.63, 3.8) is 0 Å². The first kappa shape index (κ1) is 17.0. The Kier molecular flexibility index (Phi) is 5.62. The van der Waals surface area contributed by atoms with Gasteiger partial charge in [0.1, 0.15) is 6.54 Å². The number of hydrogen-bond donors (Lipinski definition) is 0. The van der Waals surface area contributed by atoms with Gasteiger partial charge in [0.25, 0.3) is 0 Å². The molecular weight excluding hydrogens is 344 g/mol. The van der Waals surface area contributed by atoms with E-state index in [2.05, 4.69) is 22.9 Å². The minimum absolute atomic E-state index is 0.0267. The van der Waals surface area contributed by atoms with Crippen LogP contribution in [0.3, 0.4) is 0 Å². The Morgan fingerprint density at radius 2 is 1.95 bits per heavy atom. The average molecular weight is 367 g/mol. The first-order chi connectivity index (χ1) is 10.4. The number of nitrogens with zero attached hydrogens (tertiary/aromatic N) is 2. The number of benzene rings is 1. The number of hydrogen-bond acceptors (Lipinski definition) is 2. The molecule has 1 heterocycles. The lowest BCUT2D eigenvalue weighted by atomic mass is 9.99. The Labute approximate surface area is 140 Å². The van der Waals surface area contributed by atoms with Crippen molar-refractivity contribution in [2.75, 3.05) is 24.5 Å². The number of amides is 2. The van der Waals surface area contributed by atoms with Crippen molar-refractivity contribution < 1.29 is 9.59 Å². The van der Waals surface area contributed by atoms with Crippen LogP contribution in [0.1, 0.15) is 32.3 Å². The first-order valence-electron chi connectivity index (χ1n) is 7.70. The monoisotopic (exact) mass is 366 g/mol. The van der Waals surface area contributed by atoms with Crippen molar-refractivity contribution in [2.45, 2.75) is 33.6 Å². The van der Waals surface area contributed by atoms with E-state index in [0.717, 1.165) is 41.7 Å². The van der Waals surface area contributed by atoms with Gasteiger partial charge in [0.15, 0.2) is 0 Å². The molecule has 0 unspecified atom stereocenters. The SMILES string of the molecule is CC(=O)N(CC(=O)N1CCC(C)CC1)c1ccc(C)c(Br)c1. The second kappa shape index (κ2) is 7.27. The summed E-state index contributed by atoms with van der Waals surface area (Å²) in [7, 11) is 0. The fourth-order valence-electron chi connectivity index (χ4n) is 2.63. The van der Waals surface area contributed by atoms with Gasteiger partial charge in [-0.3, -0.25) is 9.59 Å². The van der Waals surface area contributed by atoms with Gasteiger partial charge in [0, 0.05) is 30.2 Å². The van der Waals surface area contributed by atoms with Crippen molar-refractivity contribution in [3.05, 3.63) is 28.2 Å². The molecule has 1 aliphatic rings. The predicted octanol–water partition coefficient (Wildman–Crippen LogP) is 3.37. The molecular formula is C17H23BrN2O2. The van der Waals surface area contributed by atoms with E-state index in [9.17, 15) is 9.59 Å². The molecule has 1 saturated heterocycles. The Morgan fingerprint density at radius 1 is 1.32 bits per heavy atom. The van der Waals surface area contributed by atoms with Crippen LogP contribution in [0.4, 0.5) is 5.69 Å². The third-order valence-electron chi connectivity index (χ3n) is 4.28. The number of piperidine rings is 1. The summed E-state index contributed by atoms with van der Waals surface area (Å²) >= 11 is 3.48. The third-order valence-corrected chi connectivity index (χ3v) is 5.13. The van der Waals surface area contributed by atoms with E-state index in [1.165, 1.54) is 6.92 Å². The molecule has 5 heteroatoms. The first-order valence-corrected chi connectivity index (χ1v) is 8.50. The number of carbonyl (C=O) groups is 2. The molecule has 2 amide bonds. The predicted molar refractivity (Wildman–Crippen MR) is 91.9 cm³/mol. The maximum atomic E-state index is 12.5. The Balaban J connectivity index is 2.10. The summed E-state index contributed by atoms with van der Waals surface area (Å²) in [6.45, 7) is 7.41. The van der Waals surface area contributed by atoms with Crippen molar-refractivity contribution in [1.82, 2.24) is 4.90 Å². The van der Waals surface area contributed by atoms with Crippen LogP contribution in [-0.2, 0) is 9.59 Å². The number of halogens is 1. The molecule has 0 radical (unpaired) electrons. The molecule has 22 heavy (non-hydrogen) atoms. The van der Waals surface area contributed by atoms with Crippen LogP contribution in [0.2, 0.25) is 0 Å². The third kappa shape index (κ3) is 4.09. The maximum Gasteiger partial charge on any atom is 0.242 e. The van der Waals surface area contributed by atoms with Gasteiger partial charge in [0.2, 0.25) is 11.8 Å². The molecule has 0 aromatic heterocycles. The molecule has 0 N–H and O–H groups in total. The lowest BCUT2D eigenvalue weighted by Gasteiger charge is -2.32. The molecule has 120 valence electrons. The molecule has 1 aliphatic heterocycles. The second-order valence-electron chi connectivity index (χ2n) is 6.10. The standard InChI is InChI=1S/C17H23BrN2O2/c1-12-6-8-19(9-7-12)17(22)11-20(14(3)21)15-5-4-13(2)16(18)10-15/h4-5,10,12H,6-9,11H2,1-3H3. The number of anilines is 1. The summed E-state index contributed by atoms with van der Waals surface area (Å²) in [5.74, 6) is 0.592. The molecule has 0 atom stereocenters. The fourth-order valence-corrected chi connectivity index (χ4v) is 2.99. The lowest BCUT2D eigenvalue weighted by molar-refractivity contribution is -0.132. The van der Waals surface area contributed by atoms with E-state index in [4.69, 9.17) is 0 Å². The van der Waals surface area contributed by atoms with E-state index in [0.29, 0.717) is 5.92 Å². The minimum atomic E-state index is -0.116. The zero-order chi connectivity index (χ0) is 16.3. The van der Waals surface area contributed by atoms with Gasteiger partial charge in [-0.1, -0.05) is 28.9 Å². The summed E-state index contributed by atoms with van der Waals surface area (Å²) in [4.78, 5) is 27.8. The van der Waals surface area contributed by atoms with E-state index in [-0.39, 0.29) is 18.4 Å². The summed E-state index contributed by atoms with van der Waals surface area (Å²) in [6.07, 6.45) is 2.09. The van der Waals surface area contributed by atoms with Gasteiger partial charge in [-0.05, 0) is 43.4 Å². The van der Waals surface area contributed by atoms with Gasteiger partial charge in [-0.25, -0.2) is 0 Å². The summed E-state index contributed by atoms with van der Waals surface area (Å²) in [6, 6.07) is 5.72. The van der Waals surface area contributed by atoms with Gasteiger partial charge < -0.3 is 9.80 Å². The maximum absolute atomic E-state index is 12.5.